The lowest BCUT2D eigenvalue weighted by Crippen LogP contribution is -2.31. The van der Waals surface area contributed by atoms with Gasteiger partial charge < -0.3 is 19.7 Å². The minimum Gasteiger partial charge on any atom is -0.486 e. The zero-order chi connectivity index (χ0) is 16.1. The smallest absolute Gasteiger partial charge is 0.281 e. The second-order valence-electron chi connectivity index (χ2n) is 5.43. The van der Waals surface area contributed by atoms with Gasteiger partial charge in [-0.1, -0.05) is 17.8 Å². The maximum absolute atomic E-state index is 11.8. The van der Waals surface area contributed by atoms with Crippen LogP contribution in [-0.4, -0.2) is 54.6 Å². The Hall–Kier alpha value is -1.89. The molecule has 2 aliphatic rings. The molecule has 0 atom stereocenters. The Kier molecular flexibility index (Phi) is 5.27. The van der Waals surface area contributed by atoms with Crippen LogP contribution in [0.1, 0.15) is 12.0 Å². The van der Waals surface area contributed by atoms with Gasteiger partial charge in [0.25, 0.3) is 5.24 Å². The van der Waals surface area contributed by atoms with Crippen molar-refractivity contribution in [3.63, 3.8) is 0 Å². The average Bonchev–Trinajstić information content (AvgIpc) is 2.98. The molecule has 1 N–H and O–H groups in total. The molecule has 3 rings (SSSR count). The molecule has 1 aromatic carbocycles. The molecule has 0 saturated carbocycles. The summed E-state index contributed by atoms with van der Waals surface area (Å²) in [7, 11) is 0. The zero-order valence-electron chi connectivity index (χ0n) is 12.9. The number of fused-ring (bicyclic) bond motifs is 1. The number of rotatable bonds is 6. The van der Waals surface area contributed by atoms with Crippen molar-refractivity contribution in [3.8, 4) is 11.5 Å². The van der Waals surface area contributed by atoms with E-state index < -0.39 is 0 Å². The minimum absolute atomic E-state index is 0.0211. The standard InChI is InChI=1S/C16H20N2O4S/c19-15(4-6-18-7-10-23-16(18)20)17-5-3-12-1-2-13-14(11-12)22-9-8-21-13/h1-2,11H,3-10H2,(H,17,19). The van der Waals surface area contributed by atoms with Crippen molar-refractivity contribution in [3.05, 3.63) is 23.8 Å². The van der Waals surface area contributed by atoms with E-state index in [-0.39, 0.29) is 11.1 Å². The van der Waals surface area contributed by atoms with E-state index in [2.05, 4.69) is 5.32 Å². The predicted octanol–water partition coefficient (Wildman–Crippen LogP) is 1.68. The number of nitrogens with one attached hydrogen (secondary N) is 1. The number of hydrogen-bond donors (Lipinski definition) is 1. The lowest BCUT2D eigenvalue weighted by atomic mass is 10.1. The Bertz CT molecular complexity index is 593. The van der Waals surface area contributed by atoms with Crippen LogP contribution in [0, 0.1) is 0 Å². The van der Waals surface area contributed by atoms with Gasteiger partial charge in [-0.2, -0.15) is 0 Å². The van der Waals surface area contributed by atoms with Gasteiger partial charge in [0.2, 0.25) is 5.91 Å². The van der Waals surface area contributed by atoms with E-state index in [1.165, 1.54) is 11.8 Å². The highest BCUT2D eigenvalue weighted by Gasteiger charge is 2.21. The Morgan fingerprint density at radius 1 is 1.26 bits per heavy atom. The topological polar surface area (TPSA) is 67.9 Å². The lowest BCUT2D eigenvalue weighted by molar-refractivity contribution is -0.121. The van der Waals surface area contributed by atoms with Crippen molar-refractivity contribution in [2.24, 2.45) is 0 Å². The molecule has 6 nitrogen and oxygen atoms in total. The van der Waals surface area contributed by atoms with Crippen molar-refractivity contribution in [1.82, 2.24) is 10.2 Å². The zero-order valence-corrected chi connectivity index (χ0v) is 13.7. The van der Waals surface area contributed by atoms with Crippen LogP contribution in [0.5, 0.6) is 11.5 Å². The second kappa shape index (κ2) is 7.59. The van der Waals surface area contributed by atoms with Crippen LogP contribution in [-0.2, 0) is 11.2 Å². The molecule has 2 heterocycles. The first kappa shape index (κ1) is 16.0. The largest absolute Gasteiger partial charge is 0.486 e. The fraction of sp³-hybridized carbons (Fsp3) is 0.500. The summed E-state index contributed by atoms with van der Waals surface area (Å²) < 4.78 is 11.0. The van der Waals surface area contributed by atoms with Crippen LogP contribution >= 0.6 is 11.8 Å². The van der Waals surface area contributed by atoms with Crippen LogP contribution in [0.25, 0.3) is 0 Å². The molecule has 1 saturated heterocycles. The molecular weight excluding hydrogens is 316 g/mol. The van der Waals surface area contributed by atoms with E-state index in [0.29, 0.717) is 32.7 Å². The summed E-state index contributed by atoms with van der Waals surface area (Å²) in [6, 6.07) is 5.85. The maximum Gasteiger partial charge on any atom is 0.281 e. The van der Waals surface area contributed by atoms with Crippen LogP contribution in [0.15, 0.2) is 18.2 Å². The monoisotopic (exact) mass is 336 g/mol. The van der Waals surface area contributed by atoms with Crippen molar-refractivity contribution < 1.29 is 19.1 Å². The van der Waals surface area contributed by atoms with Crippen molar-refractivity contribution in [2.45, 2.75) is 12.8 Å². The Balaban J connectivity index is 1.39. The Morgan fingerprint density at radius 2 is 2.09 bits per heavy atom. The summed E-state index contributed by atoms with van der Waals surface area (Å²) in [5, 5.41) is 2.97. The quantitative estimate of drug-likeness (QED) is 0.856. The first-order valence-electron chi connectivity index (χ1n) is 7.79. The van der Waals surface area contributed by atoms with Gasteiger partial charge in [-0.15, -0.1) is 0 Å². The normalized spacial score (nSPS) is 16.5. The van der Waals surface area contributed by atoms with Crippen molar-refractivity contribution in [1.29, 1.82) is 0 Å². The summed E-state index contributed by atoms with van der Waals surface area (Å²) in [5.74, 6) is 2.35. The molecule has 0 bridgehead atoms. The maximum atomic E-state index is 11.8. The van der Waals surface area contributed by atoms with Gasteiger partial charge in [-0.05, 0) is 24.1 Å². The highest BCUT2D eigenvalue weighted by molar-refractivity contribution is 8.13. The first-order valence-corrected chi connectivity index (χ1v) is 8.78. The third-order valence-corrected chi connectivity index (χ3v) is 4.69. The van der Waals surface area contributed by atoms with Crippen molar-refractivity contribution in [2.75, 3.05) is 38.6 Å². The van der Waals surface area contributed by atoms with Gasteiger partial charge in [0.05, 0.1) is 0 Å². The number of hydrogen-bond acceptors (Lipinski definition) is 5. The fourth-order valence-corrected chi connectivity index (χ4v) is 3.39. The highest BCUT2D eigenvalue weighted by Crippen LogP contribution is 2.30. The molecule has 7 heteroatoms. The van der Waals surface area contributed by atoms with Gasteiger partial charge in [-0.25, -0.2) is 0 Å². The summed E-state index contributed by atoms with van der Waals surface area (Å²) in [5.41, 5.74) is 1.10. The summed E-state index contributed by atoms with van der Waals surface area (Å²) in [6.45, 7) is 2.97. The van der Waals surface area contributed by atoms with Crippen LogP contribution in [0.2, 0.25) is 0 Å². The average molecular weight is 336 g/mol. The van der Waals surface area contributed by atoms with E-state index in [1.807, 2.05) is 18.2 Å². The summed E-state index contributed by atoms with van der Waals surface area (Å²) in [4.78, 5) is 25.0. The molecule has 1 aromatic rings. The van der Waals surface area contributed by atoms with Gasteiger partial charge >= 0.3 is 0 Å². The molecule has 23 heavy (non-hydrogen) atoms. The van der Waals surface area contributed by atoms with E-state index in [1.54, 1.807) is 4.90 Å². The SMILES string of the molecule is O=C(CCN1CCSC1=O)NCCc1ccc2c(c1)OCCO2. The van der Waals surface area contributed by atoms with E-state index in [4.69, 9.17) is 9.47 Å². The number of nitrogens with zero attached hydrogens (tertiary/aromatic N) is 1. The number of ether oxygens (including phenoxy) is 2. The summed E-state index contributed by atoms with van der Waals surface area (Å²) >= 11 is 1.32. The minimum atomic E-state index is -0.0211. The molecule has 124 valence electrons. The number of carbonyl (C=O) groups is 2. The predicted molar refractivity (Wildman–Crippen MR) is 88.2 cm³/mol. The Labute approximate surface area is 139 Å². The Morgan fingerprint density at radius 3 is 2.87 bits per heavy atom. The third kappa shape index (κ3) is 4.31. The van der Waals surface area contributed by atoms with E-state index >= 15 is 0 Å². The molecule has 2 aliphatic heterocycles. The lowest BCUT2D eigenvalue weighted by Gasteiger charge is -2.19. The first-order chi connectivity index (χ1) is 11.2. The van der Waals surface area contributed by atoms with Gasteiger partial charge in [0.15, 0.2) is 11.5 Å². The van der Waals surface area contributed by atoms with Crippen LogP contribution < -0.4 is 14.8 Å². The van der Waals surface area contributed by atoms with Gasteiger partial charge in [0, 0.05) is 31.8 Å². The summed E-state index contributed by atoms with van der Waals surface area (Å²) in [6.07, 6.45) is 1.09. The highest BCUT2D eigenvalue weighted by atomic mass is 32.2. The molecule has 2 amide bonds. The van der Waals surface area contributed by atoms with Gasteiger partial charge in [0.1, 0.15) is 13.2 Å². The molecule has 0 aromatic heterocycles. The number of carbonyl (C=O) groups excluding carboxylic acids is 2. The van der Waals surface area contributed by atoms with Crippen LogP contribution in [0.3, 0.4) is 0 Å². The van der Waals surface area contributed by atoms with Gasteiger partial charge in [-0.3, -0.25) is 9.59 Å². The molecule has 0 aliphatic carbocycles. The third-order valence-electron chi connectivity index (χ3n) is 3.80. The number of amides is 2. The van der Waals surface area contributed by atoms with Crippen molar-refractivity contribution >= 4 is 22.9 Å². The second-order valence-corrected chi connectivity index (χ2v) is 6.48. The molecule has 0 unspecified atom stereocenters. The molecule has 0 radical (unpaired) electrons. The molecule has 1 fully saturated rings. The number of benzene rings is 1. The fourth-order valence-electron chi connectivity index (χ4n) is 2.54. The molecule has 0 spiro atoms. The molecular formula is C16H20N2O4S. The van der Waals surface area contributed by atoms with E-state index in [9.17, 15) is 9.59 Å². The van der Waals surface area contributed by atoms with Crippen LogP contribution in [0.4, 0.5) is 4.79 Å². The number of thioether (sulfide) groups is 1. The van der Waals surface area contributed by atoms with E-state index in [0.717, 1.165) is 35.8 Å².